The molecule has 136 valence electrons. The molecule has 1 aromatic rings. The lowest BCUT2D eigenvalue weighted by Crippen LogP contribution is -2.42. The van der Waals surface area contributed by atoms with E-state index in [-0.39, 0.29) is 29.3 Å². The Morgan fingerprint density at radius 1 is 1.42 bits per heavy atom. The van der Waals surface area contributed by atoms with Crippen molar-refractivity contribution in [1.29, 1.82) is 0 Å². The molecule has 0 saturated carbocycles. The van der Waals surface area contributed by atoms with Gasteiger partial charge in [-0.15, -0.1) is 23.7 Å². The maximum absolute atomic E-state index is 12.8. The molecular weight excluding hydrogens is 374 g/mol. The quantitative estimate of drug-likeness (QED) is 0.808. The fourth-order valence-electron chi connectivity index (χ4n) is 2.88. The number of halogens is 1. The molecule has 3 rings (SSSR count). The average Bonchev–Trinajstić information content (AvgIpc) is 3.25. The number of thiophene rings is 1. The molecule has 1 aromatic heterocycles. The molecular formula is C14H22ClN3O4S2. The highest BCUT2D eigenvalue weighted by Gasteiger charge is 2.33. The summed E-state index contributed by atoms with van der Waals surface area (Å²) in [6.45, 7) is 3.06. The van der Waals surface area contributed by atoms with Crippen molar-refractivity contribution in [2.45, 2.75) is 17.4 Å². The van der Waals surface area contributed by atoms with Crippen LogP contribution in [0.1, 0.15) is 16.1 Å². The van der Waals surface area contributed by atoms with Gasteiger partial charge in [-0.05, 0) is 24.4 Å². The summed E-state index contributed by atoms with van der Waals surface area (Å²) in [5, 5.41) is 4.89. The highest BCUT2D eigenvalue weighted by atomic mass is 35.5. The van der Waals surface area contributed by atoms with Crippen LogP contribution in [0.5, 0.6) is 0 Å². The van der Waals surface area contributed by atoms with E-state index in [0.29, 0.717) is 31.2 Å². The zero-order valence-corrected chi connectivity index (χ0v) is 15.9. The van der Waals surface area contributed by atoms with Crippen molar-refractivity contribution in [2.24, 2.45) is 0 Å². The summed E-state index contributed by atoms with van der Waals surface area (Å²) < 4.78 is 32.2. The smallest absolute Gasteiger partial charge is 0.265 e. The van der Waals surface area contributed by atoms with Crippen molar-refractivity contribution < 1.29 is 17.9 Å². The molecule has 0 aliphatic carbocycles. The number of nitrogens with one attached hydrogen (secondary N) is 1. The Balaban J connectivity index is 0.00000208. The van der Waals surface area contributed by atoms with Gasteiger partial charge in [-0.3, -0.25) is 4.79 Å². The summed E-state index contributed by atoms with van der Waals surface area (Å²) in [5.74, 6) is -0.222. The third-order valence-corrected chi connectivity index (χ3v) is 7.29. The van der Waals surface area contributed by atoms with Crippen LogP contribution in [0.3, 0.4) is 0 Å². The molecule has 2 aliphatic heterocycles. The largest absolute Gasteiger partial charge is 0.379 e. The van der Waals surface area contributed by atoms with Crippen LogP contribution in [0.2, 0.25) is 0 Å². The van der Waals surface area contributed by atoms with E-state index in [1.807, 2.05) is 0 Å². The van der Waals surface area contributed by atoms with Gasteiger partial charge in [0.1, 0.15) is 9.77 Å². The van der Waals surface area contributed by atoms with Gasteiger partial charge >= 0.3 is 0 Å². The van der Waals surface area contributed by atoms with Gasteiger partial charge in [0.05, 0.1) is 13.2 Å². The first kappa shape index (κ1) is 19.6. The SMILES string of the molecule is CN(C(=O)c1sccc1S(=O)(=O)N1CCOCC1)C1CCNC1.Cl. The van der Waals surface area contributed by atoms with Gasteiger partial charge in [-0.1, -0.05) is 0 Å². The van der Waals surface area contributed by atoms with Gasteiger partial charge in [0.15, 0.2) is 0 Å². The average molecular weight is 396 g/mol. The predicted octanol–water partition coefficient (Wildman–Crippen LogP) is 0.625. The number of carbonyl (C=O) groups is 1. The van der Waals surface area contributed by atoms with Crippen molar-refractivity contribution in [3.63, 3.8) is 0 Å². The molecule has 2 aliphatic rings. The van der Waals surface area contributed by atoms with Crippen molar-refractivity contribution in [1.82, 2.24) is 14.5 Å². The number of morpholine rings is 1. The number of sulfonamides is 1. The Kier molecular flexibility index (Phi) is 6.63. The summed E-state index contributed by atoms with van der Waals surface area (Å²) in [5.41, 5.74) is 0. The number of hydrogen-bond acceptors (Lipinski definition) is 6. The normalized spacial score (nSPS) is 22.1. The molecule has 1 atom stereocenters. The lowest BCUT2D eigenvalue weighted by atomic mass is 10.2. The highest BCUT2D eigenvalue weighted by molar-refractivity contribution is 7.89. The number of nitrogens with zero attached hydrogens (tertiary/aromatic N) is 2. The van der Waals surface area contributed by atoms with Gasteiger partial charge in [0.2, 0.25) is 10.0 Å². The van der Waals surface area contributed by atoms with Crippen molar-refractivity contribution in [2.75, 3.05) is 46.4 Å². The molecule has 7 nitrogen and oxygen atoms in total. The first-order valence-corrected chi connectivity index (χ1v) is 9.97. The molecule has 0 radical (unpaired) electrons. The van der Waals surface area contributed by atoms with Gasteiger partial charge in [0.25, 0.3) is 5.91 Å². The molecule has 0 bridgehead atoms. The van der Waals surface area contributed by atoms with Crippen molar-refractivity contribution in [3.8, 4) is 0 Å². The van der Waals surface area contributed by atoms with Crippen molar-refractivity contribution >= 4 is 39.7 Å². The number of hydrogen-bond donors (Lipinski definition) is 1. The maximum atomic E-state index is 12.8. The summed E-state index contributed by atoms with van der Waals surface area (Å²) in [7, 11) is -1.91. The second-order valence-electron chi connectivity index (χ2n) is 5.69. The molecule has 3 heterocycles. The fraction of sp³-hybridized carbons (Fsp3) is 0.643. The Morgan fingerprint density at radius 2 is 2.12 bits per heavy atom. The van der Waals surface area contributed by atoms with Crippen LogP contribution in [-0.4, -0.2) is 76.0 Å². The number of amides is 1. The summed E-state index contributed by atoms with van der Waals surface area (Å²) in [6, 6.07) is 1.65. The first-order valence-electron chi connectivity index (χ1n) is 7.65. The third-order valence-electron chi connectivity index (χ3n) is 4.31. The molecule has 1 N–H and O–H groups in total. The Bertz CT molecular complexity index is 667. The summed E-state index contributed by atoms with van der Waals surface area (Å²) >= 11 is 1.19. The molecule has 2 saturated heterocycles. The molecule has 0 aromatic carbocycles. The van der Waals surface area contributed by atoms with E-state index in [1.54, 1.807) is 17.3 Å². The van der Waals surface area contributed by atoms with Crippen LogP contribution in [0.4, 0.5) is 0 Å². The summed E-state index contributed by atoms with van der Waals surface area (Å²) in [4.78, 5) is 14.8. The Morgan fingerprint density at radius 3 is 2.75 bits per heavy atom. The van der Waals surface area contributed by atoms with Crippen LogP contribution in [0.25, 0.3) is 0 Å². The molecule has 10 heteroatoms. The highest BCUT2D eigenvalue weighted by Crippen LogP contribution is 2.27. The number of ether oxygens (including phenoxy) is 1. The standard InChI is InChI=1S/C14H21N3O4S2.ClH/c1-16(11-2-4-15-10-11)14(18)13-12(3-9-22-13)23(19,20)17-5-7-21-8-6-17;/h3,9,11,15H,2,4-8,10H2,1H3;1H. The molecule has 2 fully saturated rings. The van der Waals surface area contributed by atoms with E-state index >= 15 is 0 Å². The second kappa shape index (κ2) is 8.11. The summed E-state index contributed by atoms with van der Waals surface area (Å²) in [6.07, 6.45) is 0.888. The molecule has 0 spiro atoms. The topological polar surface area (TPSA) is 79.0 Å². The van der Waals surface area contributed by atoms with E-state index in [2.05, 4.69) is 5.32 Å². The van der Waals surface area contributed by atoms with Crippen molar-refractivity contribution in [3.05, 3.63) is 16.3 Å². The second-order valence-corrected chi connectivity index (χ2v) is 8.52. The third kappa shape index (κ3) is 3.76. The maximum Gasteiger partial charge on any atom is 0.265 e. The van der Waals surface area contributed by atoms with Crippen LogP contribution < -0.4 is 5.32 Å². The number of carbonyl (C=O) groups excluding carboxylic acids is 1. The minimum atomic E-state index is -3.65. The minimum Gasteiger partial charge on any atom is -0.379 e. The van der Waals surface area contributed by atoms with Crippen LogP contribution in [0.15, 0.2) is 16.3 Å². The molecule has 1 amide bonds. The molecule has 1 unspecified atom stereocenters. The van der Waals surface area contributed by atoms with E-state index in [1.165, 1.54) is 21.7 Å². The van der Waals surface area contributed by atoms with Gasteiger partial charge < -0.3 is 15.0 Å². The van der Waals surface area contributed by atoms with E-state index < -0.39 is 10.0 Å². The monoisotopic (exact) mass is 395 g/mol. The Labute approximate surface area is 152 Å². The van der Waals surface area contributed by atoms with E-state index in [0.717, 1.165) is 19.5 Å². The van der Waals surface area contributed by atoms with Crippen LogP contribution in [0, 0.1) is 0 Å². The van der Waals surface area contributed by atoms with Gasteiger partial charge in [-0.2, -0.15) is 4.31 Å². The van der Waals surface area contributed by atoms with Crippen LogP contribution >= 0.6 is 23.7 Å². The predicted molar refractivity (Wildman–Crippen MR) is 94.5 cm³/mol. The number of likely N-dealkylation sites (N-methyl/N-ethyl adjacent to an activating group) is 1. The zero-order chi connectivity index (χ0) is 16.4. The van der Waals surface area contributed by atoms with Crippen LogP contribution in [-0.2, 0) is 14.8 Å². The van der Waals surface area contributed by atoms with Gasteiger partial charge in [-0.25, -0.2) is 8.42 Å². The zero-order valence-electron chi connectivity index (χ0n) is 13.4. The van der Waals surface area contributed by atoms with E-state index in [4.69, 9.17) is 4.74 Å². The number of rotatable bonds is 4. The molecule has 24 heavy (non-hydrogen) atoms. The first-order chi connectivity index (χ1) is 11.0. The van der Waals surface area contributed by atoms with Gasteiger partial charge in [0, 0.05) is 32.7 Å². The fourth-order valence-corrected chi connectivity index (χ4v) is 5.66. The lowest BCUT2D eigenvalue weighted by molar-refractivity contribution is 0.0724. The Hall–Kier alpha value is -0.710. The van der Waals surface area contributed by atoms with E-state index in [9.17, 15) is 13.2 Å². The lowest BCUT2D eigenvalue weighted by Gasteiger charge is -2.27. The minimum absolute atomic E-state index is 0.